The number of anilines is 3. The van der Waals surface area contributed by atoms with Crippen molar-refractivity contribution in [3.63, 3.8) is 0 Å². The van der Waals surface area contributed by atoms with E-state index in [0.29, 0.717) is 18.1 Å². The van der Waals surface area contributed by atoms with Crippen molar-refractivity contribution < 1.29 is 9.53 Å². The molecule has 1 amide bonds. The summed E-state index contributed by atoms with van der Waals surface area (Å²) in [6.45, 7) is 2.60. The van der Waals surface area contributed by atoms with Gasteiger partial charge in [-0.3, -0.25) is 5.32 Å². The third-order valence-corrected chi connectivity index (χ3v) is 5.23. The summed E-state index contributed by atoms with van der Waals surface area (Å²) in [6.07, 6.45) is 4.43. The fourth-order valence-electron chi connectivity index (χ4n) is 3.61. The quantitative estimate of drug-likeness (QED) is 0.573. The van der Waals surface area contributed by atoms with Crippen LogP contribution in [0.15, 0.2) is 67.0 Å². The third kappa shape index (κ3) is 5.72. The molecule has 1 fully saturated rings. The Morgan fingerprint density at radius 3 is 2.29 bits per heavy atom. The maximum atomic E-state index is 12.6. The molecule has 1 aliphatic rings. The molecule has 2 heterocycles. The molecule has 1 aliphatic heterocycles. The van der Waals surface area contributed by atoms with Crippen LogP contribution in [0.4, 0.5) is 22.1 Å². The lowest BCUT2D eigenvalue weighted by molar-refractivity contribution is 0.155. The van der Waals surface area contributed by atoms with E-state index in [1.807, 2.05) is 60.7 Å². The number of piperidine rings is 1. The van der Waals surface area contributed by atoms with Gasteiger partial charge >= 0.3 is 6.09 Å². The fourth-order valence-corrected chi connectivity index (χ4v) is 3.61. The molecule has 0 radical (unpaired) electrons. The number of carbonyl (C=O) groups excluding carboxylic acids is 1. The van der Waals surface area contributed by atoms with Crippen LogP contribution >= 0.6 is 0 Å². The van der Waals surface area contributed by atoms with E-state index in [9.17, 15) is 4.79 Å². The zero-order valence-electron chi connectivity index (χ0n) is 17.5. The highest BCUT2D eigenvalue weighted by molar-refractivity contribution is 5.93. The predicted molar refractivity (Wildman–Crippen MR) is 122 cm³/mol. The van der Waals surface area contributed by atoms with Gasteiger partial charge in [-0.2, -0.15) is 0 Å². The molecule has 0 atom stereocenters. The van der Waals surface area contributed by atoms with Crippen LogP contribution in [0.1, 0.15) is 30.4 Å². The predicted octanol–water partition coefficient (Wildman–Crippen LogP) is 4.83. The number of rotatable bonds is 7. The van der Waals surface area contributed by atoms with E-state index in [1.165, 1.54) is 12.7 Å². The van der Waals surface area contributed by atoms with Crippen molar-refractivity contribution in [3.05, 3.63) is 78.1 Å². The molecule has 1 saturated heterocycles. The molecule has 1 aromatic heterocycles. The van der Waals surface area contributed by atoms with E-state index in [4.69, 9.17) is 4.74 Å². The van der Waals surface area contributed by atoms with Gasteiger partial charge in [0, 0.05) is 19.6 Å². The van der Waals surface area contributed by atoms with Gasteiger partial charge in [-0.15, -0.1) is 0 Å². The lowest BCUT2D eigenvalue weighted by Crippen LogP contribution is -2.31. The SMILES string of the molecule is O=C(Nc1c(NCc2ccccc2)ncnc1N1CCCCC1)OCc1ccccc1. The molecule has 0 saturated carbocycles. The zero-order valence-corrected chi connectivity index (χ0v) is 17.5. The van der Waals surface area contributed by atoms with Crippen molar-refractivity contribution in [3.8, 4) is 0 Å². The minimum Gasteiger partial charge on any atom is -0.444 e. The van der Waals surface area contributed by atoms with Crippen molar-refractivity contribution in [1.29, 1.82) is 0 Å². The summed E-state index contributed by atoms with van der Waals surface area (Å²) in [6, 6.07) is 19.7. The Kier molecular flexibility index (Phi) is 6.95. The Labute approximate surface area is 182 Å². The van der Waals surface area contributed by atoms with Crippen LogP contribution < -0.4 is 15.5 Å². The summed E-state index contributed by atoms with van der Waals surface area (Å²) in [5.74, 6) is 1.30. The number of aromatic nitrogens is 2. The van der Waals surface area contributed by atoms with Gasteiger partial charge in [0.25, 0.3) is 0 Å². The lowest BCUT2D eigenvalue weighted by atomic mass is 10.1. The molecule has 3 aromatic rings. The summed E-state index contributed by atoms with van der Waals surface area (Å²) in [7, 11) is 0. The number of nitrogens with zero attached hydrogens (tertiary/aromatic N) is 3. The van der Waals surface area contributed by atoms with Crippen molar-refractivity contribution in [2.45, 2.75) is 32.4 Å². The number of hydrogen-bond acceptors (Lipinski definition) is 6. The topological polar surface area (TPSA) is 79.4 Å². The van der Waals surface area contributed by atoms with Crippen LogP contribution in [0, 0.1) is 0 Å². The maximum Gasteiger partial charge on any atom is 0.412 e. The van der Waals surface area contributed by atoms with E-state index in [-0.39, 0.29) is 6.61 Å². The smallest absolute Gasteiger partial charge is 0.412 e. The van der Waals surface area contributed by atoms with Crippen molar-refractivity contribution >= 4 is 23.4 Å². The molecule has 31 heavy (non-hydrogen) atoms. The molecule has 0 spiro atoms. The highest BCUT2D eigenvalue weighted by atomic mass is 16.5. The summed E-state index contributed by atoms with van der Waals surface area (Å²) in [5.41, 5.74) is 2.61. The molecule has 0 aliphatic carbocycles. The molecular weight excluding hydrogens is 390 g/mol. The van der Waals surface area contributed by atoms with Crippen molar-refractivity contribution in [2.24, 2.45) is 0 Å². The van der Waals surface area contributed by atoms with E-state index in [2.05, 4.69) is 25.5 Å². The molecule has 0 unspecified atom stereocenters. The van der Waals surface area contributed by atoms with Crippen LogP contribution in [0.5, 0.6) is 0 Å². The van der Waals surface area contributed by atoms with Gasteiger partial charge in [-0.25, -0.2) is 14.8 Å². The van der Waals surface area contributed by atoms with Crippen LogP contribution in [0.25, 0.3) is 0 Å². The largest absolute Gasteiger partial charge is 0.444 e. The summed E-state index contributed by atoms with van der Waals surface area (Å²) in [5, 5.41) is 6.23. The minimum atomic E-state index is -0.528. The number of amides is 1. The second kappa shape index (κ2) is 10.4. The Morgan fingerprint density at radius 2 is 1.58 bits per heavy atom. The van der Waals surface area contributed by atoms with Gasteiger partial charge in [-0.1, -0.05) is 60.7 Å². The lowest BCUT2D eigenvalue weighted by Gasteiger charge is -2.29. The maximum absolute atomic E-state index is 12.6. The first-order chi connectivity index (χ1) is 15.3. The minimum absolute atomic E-state index is 0.201. The van der Waals surface area contributed by atoms with Gasteiger partial charge in [0.1, 0.15) is 18.6 Å². The van der Waals surface area contributed by atoms with E-state index in [1.54, 1.807) is 0 Å². The Bertz CT molecular complexity index is 976. The average Bonchev–Trinajstić information content (AvgIpc) is 2.84. The number of hydrogen-bond donors (Lipinski definition) is 2. The molecule has 2 aromatic carbocycles. The monoisotopic (exact) mass is 417 g/mol. The van der Waals surface area contributed by atoms with E-state index in [0.717, 1.165) is 42.9 Å². The Balaban J connectivity index is 1.52. The first-order valence-corrected chi connectivity index (χ1v) is 10.6. The fraction of sp³-hybridized carbons (Fsp3) is 0.292. The molecule has 0 bridgehead atoms. The summed E-state index contributed by atoms with van der Waals surface area (Å²) in [4.78, 5) is 23.7. The van der Waals surface area contributed by atoms with Gasteiger partial charge < -0.3 is 15.0 Å². The molecule has 7 heteroatoms. The number of benzene rings is 2. The highest BCUT2D eigenvalue weighted by Crippen LogP contribution is 2.32. The first kappa shape index (κ1) is 20.7. The number of nitrogens with one attached hydrogen (secondary N) is 2. The molecule has 4 rings (SSSR count). The van der Waals surface area contributed by atoms with E-state index < -0.39 is 6.09 Å². The van der Waals surface area contributed by atoms with Crippen LogP contribution in [-0.4, -0.2) is 29.2 Å². The van der Waals surface area contributed by atoms with Gasteiger partial charge in [0.2, 0.25) is 0 Å². The molecule has 7 nitrogen and oxygen atoms in total. The normalized spacial score (nSPS) is 13.5. The Hall–Kier alpha value is -3.61. The Morgan fingerprint density at radius 1 is 0.903 bits per heavy atom. The summed E-state index contributed by atoms with van der Waals surface area (Å²) >= 11 is 0. The van der Waals surface area contributed by atoms with Crippen LogP contribution in [-0.2, 0) is 17.9 Å². The zero-order chi connectivity index (χ0) is 21.3. The molecule has 2 N–H and O–H groups in total. The van der Waals surface area contributed by atoms with E-state index >= 15 is 0 Å². The third-order valence-electron chi connectivity index (χ3n) is 5.23. The van der Waals surface area contributed by atoms with Crippen molar-refractivity contribution in [1.82, 2.24) is 9.97 Å². The highest BCUT2D eigenvalue weighted by Gasteiger charge is 2.21. The van der Waals surface area contributed by atoms with Gasteiger partial charge in [0.15, 0.2) is 11.6 Å². The number of ether oxygens (including phenoxy) is 1. The second-order valence-corrected chi connectivity index (χ2v) is 7.49. The van der Waals surface area contributed by atoms with Crippen LogP contribution in [0.2, 0.25) is 0 Å². The molecular formula is C24H27N5O2. The second-order valence-electron chi connectivity index (χ2n) is 7.49. The van der Waals surface area contributed by atoms with Crippen molar-refractivity contribution in [2.75, 3.05) is 28.6 Å². The number of carbonyl (C=O) groups is 1. The van der Waals surface area contributed by atoms with Gasteiger partial charge in [-0.05, 0) is 30.4 Å². The van der Waals surface area contributed by atoms with Gasteiger partial charge in [0.05, 0.1) is 0 Å². The molecule has 160 valence electrons. The van der Waals surface area contributed by atoms with Crippen LogP contribution in [0.3, 0.4) is 0 Å². The standard InChI is InChI=1S/C24H27N5O2/c30-24(31-17-20-12-6-2-7-13-20)28-21-22(25-16-19-10-4-1-5-11-19)26-18-27-23(21)29-14-8-3-9-15-29/h1-2,4-7,10-13,18H,3,8-9,14-17H2,(H,28,30)(H,25,26,27). The summed E-state index contributed by atoms with van der Waals surface area (Å²) < 4.78 is 5.44. The first-order valence-electron chi connectivity index (χ1n) is 10.6. The average molecular weight is 418 g/mol.